The van der Waals surface area contributed by atoms with Crippen LogP contribution in [0, 0.1) is 9.39 Å². The van der Waals surface area contributed by atoms with Crippen LogP contribution in [0.5, 0.6) is 0 Å². The minimum atomic E-state index is -6.64. The Morgan fingerprint density at radius 3 is 1.91 bits per heavy atom. The van der Waals surface area contributed by atoms with Crippen LogP contribution in [0.2, 0.25) is 0 Å². The number of anilines is 2. The average Bonchev–Trinajstić information content (AvgIpc) is 2.66. The first-order valence-corrected chi connectivity index (χ1v) is 9.58. The number of hydrogen-bond acceptors (Lipinski definition) is 3. The predicted molar refractivity (Wildman–Crippen MR) is 106 cm³/mol. The number of nitrogens with one attached hydrogen (secondary N) is 2. The number of rotatable bonds is 4. The van der Waals surface area contributed by atoms with Gasteiger partial charge in [-0.2, -0.15) is 39.5 Å². The molecule has 0 aliphatic carbocycles. The van der Waals surface area contributed by atoms with Crippen molar-refractivity contribution in [3.05, 3.63) is 56.4 Å². The van der Waals surface area contributed by atoms with E-state index in [0.717, 1.165) is 40.8 Å². The van der Waals surface area contributed by atoms with Crippen LogP contribution in [0.15, 0.2) is 30.3 Å². The van der Waals surface area contributed by atoms with Crippen molar-refractivity contribution in [2.75, 3.05) is 10.8 Å². The summed E-state index contributed by atoms with van der Waals surface area (Å²) in [7, 11) is 0. The number of benzene rings is 2. The third-order valence-electron chi connectivity index (χ3n) is 4.18. The number of halogens is 12. The molecule has 0 heterocycles. The van der Waals surface area contributed by atoms with Crippen LogP contribution < -0.4 is 10.8 Å². The Morgan fingerprint density at radius 2 is 1.45 bits per heavy atom. The summed E-state index contributed by atoms with van der Waals surface area (Å²) in [5.41, 5.74) is -11.3. The normalized spacial score (nSPS) is 13.1. The quantitative estimate of drug-likeness (QED) is 0.144. The number of alkyl halides is 10. The van der Waals surface area contributed by atoms with Crippen molar-refractivity contribution in [2.45, 2.75) is 24.2 Å². The molecule has 0 bridgehead atoms. The number of thiocarbonyl (C=S) groups is 1. The molecule has 0 aliphatic rings. The zero-order valence-electron chi connectivity index (χ0n) is 15.3. The van der Waals surface area contributed by atoms with Crippen LogP contribution in [-0.4, -0.2) is 22.5 Å². The Labute approximate surface area is 196 Å². The third-order valence-corrected chi connectivity index (χ3v) is 5.35. The van der Waals surface area contributed by atoms with E-state index in [1.807, 2.05) is 5.32 Å². The first-order valence-electron chi connectivity index (χ1n) is 8.09. The Kier molecular flexibility index (Phi) is 7.45. The molecule has 0 aliphatic heterocycles. The van der Waals surface area contributed by atoms with Gasteiger partial charge in [-0.1, -0.05) is 18.3 Å². The van der Waals surface area contributed by atoms with Crippen LogP contribution in [0.4, 0.5) is 59.7 Å². The van der Waals surface area contributed by atoms with Crippen molar-refractivity contribution in [3.63, 3.8) is 0 Å². The topological polar surface area (TPSA) is 44.3 Å². The van der Waals surface area contributed by atoms with E-state index in [9.17, 15) is 48.3 Å². The van der Waals surface area contributed by atoms with Crippen molar-refractivity contribution in [1.82, 2.24) is 0 Å². The largest absolute Gasteiger partial charge is 0.435 e. The van der Waals surface area contributed by atoms with Crippen molar-refractivity contribution >= 4 is 51.2 Å². The van der Waals surface area contributed by atoms with Gasteiger partial charge in [-0.15, -0.1) is 0 Å². The molecule has 0 fully saturated rings. The lowest BCUT2D eigenvalue weighted by Crippen LogP contribution is -2.50. The Balaban J connectivity index is 2.71. The van der Waals surface area contributed by atoms with Crippen molar-refractivity contribution in [2.24, 2.45) is 0 Å². The van der Waals surface area contributed by atoms with Crippen molar-refractivity contribution in [3.8, 4) is 0 Å². The first-order chi connectivity index (χ1) is 14.9. The Bertz CT molecular complexity index is 1050. The van der Waals surface area contributed by atoms with Crippen LogP contribution in [-0.2, 0) is 11.8 Å². The maximum Gasteiger partial charge on any atom is 0.435 e. The molecule has 2 aromatic carbocycles. The Morgan fingerprint density at radius 1 is 0.909 bits per heavy atom. The summed E-state index contributed by atoms with van der Waals surface area (Å²) >= 11 is 5.75. The third kappa shape index (κ3) is 5.11. The minimum Gasteiger partial charge on any atom is -0.345 e. The smallest absolute Gasteiger partial charge is 0.345 e. The molecule has 3 N–H and O–H groups in total. The zero-order valence-corrected chi connectivity index (χ0v) is 18.3. The zero-order chi connectivity index (χ0) is 25.6. The number of hydrogen-bond donors (Lipinski definition) is 3. The van der Waals surface area contributed by atoms with Gasteiger partial charge in [0.05, 0.1) is 16.9 Å². The summed E-state index contributed by atoms with van der Waals surface area (Å²) in [6, 6.07) is 2.41. The molecule has 0 saturated carbocycles. The van der Waals surface area contributed by atoms with E-state index in [-0.39, 0.29) is 6.07 Å². The van der Waals surface area contributed by atoms with E-state index in [1.54, 1.807) is 0 Å². The molecule has 0 spiro atoms. The molecular formula is C17H8F11IN2OS. The molecule has 2 aromatic rings. The van der Waals surface area contributed by atoms with Crippen molar-refractivity contribution in [1.29, 1.82) is 0 Å². The lowest BCUT2D eigenvalue weighted by molar-refractivity contribution is -0.348. The van der Waals surface area contributed by atoms with Gasteiger partial charge < -0.3 is 5.32 Å². The van der Waals surface area contributed by atoms with Gasteiger partial charge in [0.1, 0.15) is 4.99 Å². The maximum atomic E-state index is 14.3. The van der Waals surface area contributed by atoms with Gasteiger partial charge in [-0.3, -0.25) is 10.7 Å². The molecule has 0 atom stereocenters. The second kappa shape index (κ2) is 9.01. The Hall–Kier alpha value is -1.95. The average molecular weight is 624 g/mol. The molecule has 3 nitrogen and oxygen atoms in total. The highest BCUT2D eigenvalue weighted by Crippen LogP contribution is 2.54. The van der Waals surface area contributed by atoms with Gasteiger partial charge in [0, 0.05) is 14.7 Å². The van der Waals surface area contributed by atoms with E-state index in [0.29, 0.717) is 0 Å². The fourth-order valence-corrected chi connectivity index (χ4v) is 3.64. The molecule has 0 amide bonds. The van der Waals surface area contributed by atoms with Gasteiger partial charge in [0.2, 0.25) is 0 Å². The van der Waals surface area contributed by atoms with Crippen LogP contribution in [0.3, 0.4) is 0 Å². The lowest BCUT2D eigenvalue weighted by Gasteiger charge is -2.31. The highest BCUT2D eigenvalue weighted by atomic mass is 127. The van der Waals surface area contributed by atoms with E-state index >= 15 is 0 Å². The fourth-order valence-electron chi connectivity index (χ4n) is 2.62. The molecule has 16 heteroatoms. The fraction of sp³-hybridized carbons (Fsp3) is 0.235. The summed E-state index contributed by atoms with van der Waals surface area (Å²) in [5.74, 6) is -1.23. The molecule has 0 unspecified atom stereocenters. The van der Waals surface area contributed by atoms with E-state index in [1.165, 1.54) is 5.48 Å². The van der Waals surface area contributed by atoms with Gasteiger partial charge >= 0.3 is 24.2 Å². The summed E-state index contributed by atoms with van der Waals surface area (Å²) in [6.45, 7) is 0. The lowest BCUT2D eigenvalue weighted by atomic mass is 9.92. The van der Waals surface area contributed by atoms with Crippen LogP contribution >= 0.6 is 34.8 Å². The standard InChI is InChI=1S/C17H8F11IN2OS/c18-11-7(2-1-3-10(11)31-32)13(33)30-12-8(15(20,21)22)4-6(5-9(12)29)14(19,16(23,24)25)17(26,27)28/h1-5,31-32H,(H,30,33). The molecule has 33 heavy (non-hydrogen) atoms. The summed E-state index contributed by atoms with van der Waals surface area (Å²) < 4.78 is 146. The molecule has 0 radical (unpaired) electrons. The maximum absolute atomic E-state index is 14.3. The van der Waals surface area contributed by atoms with Crippen LogP contribution in [0.25, 0.3) is 0 Å². The predicted octanol–water partition coefficient (Wildman–Crippen LogP) is 7.33. The van der Waals surface area contributed by atoms with Gasteiger partial charge in [0.15, 0.2) is 5.82 Å². The molecular weight excluding hydrogens is 616 g/mol. The first kappa shape index (κ1) is 27.3. The molecule has 0 aromatic heterocycles. The van der Waals surface area contributed by atoms with Gasteiger partial charge in [0.25, 0.3) is 0 Å². The minimum absolute atomic E-state index is 0.0796. The SMILES string of the molecule is ONc1cccc(C(=S)Nc2c(I)cc(C(F)(C(F)(F)F)C(F)(F)F)cc2C(F)(F)F)c1F. The highest BCUT2D eigenvalue weighted by molar-refractivity contribution is 14.1. The molecule has 182 valence electrons. The molecule has 2 rings (SSSR count). The van der Waals surface area contributed by atoms with E-state index < -0.39 is 72.7 Å². The van der Waals surface area contributed by atoms with Crippen LogP contribution in [0.1, 0.15) is 16.7 Å². The monoisotopic (exact) mass is 624 g/mol. The van der Waals surface area contributed by atoms with Crippen molar-refractivity contribution < 1.29 is 53.5 Å². The summed E-state index contributed by atoms with van der Waals surface area (Å²) in [6.07, 6.45) is -18.8. The van der Waals surface area contributed by atoms with E-state index in [4.69, 9.17) is 17.4 Å². The van der Waals surface area contributed by atoms with E-state index in [2.05, 4.69) is 0 Å². The highest BCUT2D eigenvalue weighted by Gasteiger charge is 2.73. The second-order valence-corrected chi connectivity index (χ2v) is 7.84. The second-order valence-electron chi connectivity index (χ2n) is 6.27. The molecule has 0 saturated heterocycles. The van der Waals surface area contributed by atoms with Gasteiger partial charge in [-0.25, -0.2) is 8.78 Å². The summed E-state index contributed by atoms with van der Waals surface area (Å²) in [5, 5.41) is 10.7. The van der Waals surface area contributed by atoms with Gasteiger partial charge in [-0.05, 0) is 46.9 Å². The summed E-state index contributed by atoms with van der Waals surface area (Å²) in [4.78, 5) is -0.765.